The van der Waals surface area contributed by atoms with Crippen LogP contribution < -0.4 is 4.74 Å². The quantitative estimate of drug-likeness (QED) is 0.812. The van der Waals surface area contributed by atoms with Crippen molar-refractivity contribution in [2.75, 3.05) is 0 Å². The molecule has 0 unspecified atom stereocenters. The smallest absolute Gasteiger partial charge is 0.140 e. The lowest BCUT2D eigenvalue weighted by molar-refractivity contribution is -0.129. The maximum Gasteiger partial charge on any atom is 0.140 e. The fourth-order valence-corrected chi connectivity index (χ4v) is 1.93. The minimum atomic E-state index is 0.0994. The largest absolute Gasteiger partial charge is 0.489 e. The van der Waals surface area contributed by atoms with Gasteiger partial charge < -0.3 is 4.74 Å². The zero-order chi connectivity index (χ0) is 10.1. The SMILES string of the molecule is Cc1cc(Br)ccc1OC1CC(=O)C1. The Kier molecular flexibility index (Phi) is 2.59. The van der Waals surface area contributed by atoms with Gasteiger partial charge in [0.2, 0.25) is 0 Å². The van der Waals surface area contributed by atoms with Crippen molar-refractivity contribution in [1.29, 1.82) is 0 Å². The molecule has 74 valence electrons. The van der Waals surface area contributed by atoms with Gasteiger partial charge in [-0.2, -0.15) is 0 Å². The number of carbonyl (C=O) groups is 1. The molecule has 0 bridgehead atoms. The van der Waals surface area contributed by atoms with E-state index in [1.807, 2.05) is 25.1 Å². The third-order valence-electron chi connectivity index (χ3n) is 2.34. The molecule has 1 aromatic rings. The Labute approximate surface area is 91.4 Å². The van der Waals surface area contributed by atoms with Crippen molar-refractivity contribution in [1.82, 2.24) is 0 Å². The van der Waals surface area contributed by atoms with Gasteiger partial charge in [0, 0.05) is 17.3 Å². The third-order valence-corrected chi connectivity index (χ3v) is 2.83. The predicted molar refractivity (Wildman–Crippen MR) is 57.5 cm³/mol. The Morgan fingerprint density at radius 2 is 2.14 bits per heavy atom. The Morgan fingerprint density at radius 1 is 1.43 bits per heavy atom. The average Bonchev–Trinajstić information content (AvgIpc) is 2.06. The summed E-state index contributed by atoms with van der Waals surface area (Å²) < 4.78 is 6.71. The first-order valence-corrected chi connectivity index (χ1v) is 5.39. The van der Waals surface area contributed by atoms with Crippen molar-refractivity contribution in [2.45, 2.75) is 25.9 Å². The van der Waals surface area contributed by atoms with E-state index in [1.54, 1.807) is 0 Å². The molecule has 1 fully saturated rings. The van der Waals surface area contributed by atoms with Gasteiger partial charge in [-0.1, -0.05) is 15.9 Å². The Hall–Kier alpha value is -0.830. The van der Waals surface area contributed by atoms with E-state index < -0.39 is 0 Å². The number of hydrogen-bond donors (Lipinski definition) is 0. The average molecular weight is 255 g/mol. The van der Waals surface area contributed by atoms with Crippen LogP contribution in [-0.2, 0) is 4.79 Å². The van der Waals surface area contributed by atoms with Crippen LogP contribution in [0.2, 0.25) is 0 Å². The van der Waals surface area contributed by atoms with Crippen molar-refractivity contribution in [2.24, 2.45) is 0 Å². The number of halogens is 1. The van der Waals surface area contributed by atoms with E-state index in [0.717, 1.165) is 15.8 Å². The molecule has 0 aliphatic heterocycles. The van der Waals surface area contributed by atoms with Crippen molar-refractivity contribution in [3.63, 3.8) is 0 Å². The van der Waals surface area contributed by atoms with Crippen molar-refractivity contribution < 1.29 is 9.53 Å². The molecular formula is C11H11BrO2. The van der Waals surface area contributed by atoms with Gasteiger partial charge >= 0.3 is 0 Å². The first-order chi connectivity index (χ1) is 6.65. The molecule has 2 nitrogen and oxygen atoms in total. The molecule has 0 saturated heterocycles. The van der Waals surface area contributed by atoms with Gasteiger partial charge in [-0.3, -0.25) is 4.79 Å². The minimum absolute atomic E-state index is 0.0994. The Balaban J connectivity index is 2.06. The van der Waals surface area contributed by atoms with E-state index in [0.29, 0.717) is 18.6 Å². The van der Waals surface area contributed by atoms with Crippen LogP contribution in [0.4, 0.5) is 0 Å². The minimum Gasteiger partial charge on any atom is -0.489 e. The fourth-order valence-electron chi connectivity index (χ4n) is 1.46. The summed E-state index contributed by atoms with van der Waals surface area (Å²) in [6.07, 6.45) is 1.23. The van der Waals surface area contributed by atoms with Gasteiger partial charge in [-0.25, -0.2) is 0 Å². The molecule has 0 amide bonds. The predicted octanol–water partition coefficient (Wildman–Crippen LogP) is 2.87. The monoisotopic (exact) mass is 254 g/mol. The molecular weight excluding hydrogens is 244 g/mol. The molecule has 1 aliphatic carbocycles. The summed E-state index contributed by atoms with van der Waals surface area (Å²) in [4.78, 5) is 10.8. The van der Waals surface area contributed by atoms with Gasteiger partial charge in [0.1, 0.15) is 17.6 Å². The van der Waals surface area contributed by atoms with Gasteiger partial charge in [-0.15, -0.1) is 0 Å². The fraction of sp³-hybridized carbons (Fsp3) is 0.364. The number of hydrogen-bond acceptors (Lipinski definition) is 2. The number of benzene rings is 1. The topological polar surface area (TPSA) is 26.3 Å². The zero-order valence-electron chi connectivity index (χ0n) is 7.92. The van der Waals surface area contributed by atoms with Gasteiger partial charge in [-0.05, 0) is 30.7 Å². The van der Waals surface area contributed by atoms with Crippen molar-refractivity contribution >= 4 is 21.7 Å². The summed E-state index contributed by atoms with van der Waals surface area (Å²) in [7, 11) is 0. The lowest BCUT2D eigenvalue weighted by atomic mass is 9.94. The molecule has 3 heteroatoms. The van der Waals surface area contributed by atoms with Crippen LogP contribution in [0.5, 0.6) is 5.75 Å². The highest BCUT2D eigenvalue weighted by atomic mass is 79.9. The molecule has 1 saturated carbocycles. The van der Waals surface area contributed by atoms with Crippen LogP contribution in [0, 0.1) is 6.92 Å². The molecule has 0 spiro atoms. The van der Waals surface area contributed by atoms with Crippen LogP contribution in [0.3, 0.4) is 0 Å². The lowest BCUT2D eigenvalue weighted by Crippen LogP contribution is -2.33. The van der Waals surface area contributed by atoms with E-state index in [2.05, 4.69) is 15.9 Å². The summed E-state index contributed by atoms with van der Waals surface area (Å²) >= 11 is 3.39. The van der Waals surface area contributed by atoms with Crippen molar-refractivity contribution in [3.8, 4) is 5.75 Å². The highest BCUT2D eigenvalue weighted by Crippen LogP contribution is 2.27. The van der Waals surface area contributed by atoms with Crippen LogP contribution >= 0.6 is 15.9 Å². The van der Waals surface area contributed by atoms with E-state index in [4.69, 9.17) is 4.74 Å². The van der Waals surface area contributed by atoms with E-state index in [9.17, 15) is 4.79 Å². The first-order valence-electron chi connectivity index (χ1n) is 4.59. The number of aryl methyl sites for hydroxylation is 1. The van der Waals surface area contributed by atoms with E-state index in [1.165, 1.54) is 0 Å². The number of Topliss-reactive ketones (excluding diaryl/α,β-unsaturated/α-hetero) is 1. The van der Waals surface area contributed by atoms with E-state index in [-0.39, 0.29) is 6.10 Å². The summed E-state index contributed by atoms with van der Waals surface area (Å²) in [5.41, 5.74) is 1.10. The lowest BCUT2D eigenvalue weighted by Gasteiger charge is -2.25. The Morgan fingerprint density at radius 3 is 2.71 bits per heavy atom. The number of carbonyl (C=O) groups excluding carboxylic acids is 1. The highest BCUT2D eigenvalue weighted by molar-refractivity contribution is 9.10. The van der Waals surface area contributed by atoms with E-state index >= 15 is 0 Å². The second-order valence-electron chi connectivity index (χ2n) is 3.60. The second kappa shape index (κ2) is 3.73. The van der Waals surface area contributed by atoms with Crippen LogP contribution in [0.15, 0.2) is 22.7 Å². The molecule has 0 N–H and O–H groups in total. The molecule has 0 aromatic heterocycles. The number of rotatable bonds is 2. The Bertz CT molecular complexity index is 366. The maximum atomic E-state index is 10.8. The van der Waals surface area contributed by atoms with Gasteiger partial charge in [0.05, 0.1) is 0 Å². The summed E-state index contributed by atoms with van der Waals surface area (Å²) in [6, 6.07) is 5.89. The summed E-state index contributed by atoms with van der Waals surface area (Å²) in [5.74, 6) is 1.18. The zero-order valence-corrected chi connectivity index (χ0v) is 9.50. The summed E-state index contributed by atoms with van der Waals surface area (Å²) in [6.45, 7) is 2.00. The van der Waals surface area contributed by atoms with Crippen molar-refractivity contribution in [3.05, 3.63) is 28.2 Å². The second-order valence-corrected chi connectivity index (χ2v) is 4.51. The molecule has 1 aromatic carbocycles. The van der Waals surface area contributed by atoms with Crippen LogP contribution in [0.25, 0.3) is 0 Å². The third kappa shape index (κ3) is 1.98. The summed E-state index contributed by atoms with van der Waals surface area (Å²) in [5, 5.41) is 0. The molecule has 0 heterocycles. The molecule has 0 atom stereocenters. The molecule has 0 radical (unpaired) electrons. The number of ketones is 1. The van der Waals surface area contributed by atoms with Gasteiger partial charge in [0.25, 0.3) is 0 Å². The molecule has 1 aliphatic rings. The van der Waals surface area contributed by atoms with Crippen LogP contribution in [-0.4, -0.2) is 11.9 Å². The molecule has 14 heavy (non-hydrogen) atoms. The standard InChI is InChI=1S/C11H11BrO2/c1-7-4-8(12)2-3-11(7)14-10-5-9(13)6-10/h2-4,10H,5-6H2,1H3. The first kappa shape index (κ1) is 9.71. The van der Waals surface area contributed by atoms with Crippen LogP contribution in [0.1, 0.15) is 18.4 Å². The maximum absolute atomic E-state index is 10.8. The van der Waals surface area contributed by atoms with Gasteiger partial charge in [0.15, 0.2) is 0 Å². The number of ether oxygens (including phenoxy) is 1. The normalized spacial score (nSPS) is 16.6. The molecule has 2 rings (SSSR count). The highest BCUT2D eigenvalue weighted by Gasteiger charge is 2.28.